The molecular formula is C38H56Cl2SiZr. The molecular weight excluding hydrogens is 647 g/mol. The van der Waals surface area contributed by atoms with E-state index in [1.807, 2.05) is 0 Å². The maximum Gasteiger partial charge on any atom is -1.00 e. The van der Waals surface area contributed by atoms with Gasteiger partial charge in [-0.1, -0.05) is 0 Å². The number of hydrogen-bond acceptors (Lipinski definition) is 0. The van der Waals surface area contributed by atoms with Gasteiger partial charge < -0.3 is 24.8 Å². The monoisotopic (exact) mass is 700 g/mol. The van der Waals surface area contributed by atoms with Crippen molar-refractivity contribution in [2.24, 2.45) is 11.8 Å². The smallest absolute Gasteiger partial charge is 1.00 e. The molecule has 0 bridgehead atoms. The summed E-state index contributed by atoms with van der Waals surface area (Å²) in [6.45, 7) is 34.4. The Kier molecular flexibility index (Phi) is 13.3. The fourth-order valence-electron chi connectivity index (χ4n) is 7.76. The molecule has 0 radical (unpaired) electrons. The van der Waals surface area contributed by atoms with Gasteiger partial charge in [-0.25, -0.2) is 0 Å². The quantitative estimate of drug-likeness (QED) is 0.299. The van der Waals surface area contributed by atoms with E-state index in [-0.39, 0.29) is 24.8 Å². The van der Waals surface area contributed by atoms with Gasteiger partial charge in [-0.3, -0.25) is 0 Å². The van der Waals surface area contributed by atoms with Crippen LogP contribution in [0.4, 0.5) is 0 Å². The first kappa shape index (κ1) is 37.8. The van der Waals surface area contributed by atoms with Crippen molar-refractivity contribution in [3.63, 3.8) is 0 Å². The average Bonchev–Trinajstić information content (AvgIpc) is 3.42. The maximum absolute atomic E-state index is 2.70. The molecule has 0 amide bonds. The van der Waals surface area contributed by atoms with E-state index in [4.69, 9.17) is 0 Å². The molecule has 0 N–H and O–H groups in total. The van der Waals surface area contributed by atoms with Crippen LogP contribution in [0.3, 0.4) is 0 Å². The predicted molar refractivity (Wildman–Crippen MR) is 178 cm³/mol. The number of benzene rings is 2. The number of halogens is 2. The third-order valence-corrected chi connectivity index (χ3v) is 28.9. The van der Waals surface area contributed by atoms with Gasteiger partial charge in [0.15, 0.2) is 0 Å². The van der Waals surface area contributed by atoms with Crippen molar-refractivity contribution in [2.75, 3.05) is 0 Å². The molecule has 0 nitrogen and oxygen atoms in total. The Morgan fingerprint density at radius 3 is 1.07 bits per heavy atom. The first-order valence-corrected chi connectivity index (χ1v) is 25.1. The van der Waals surface area contributed by atoms with Gasteiger partial charge in [-0.2, -0.15) is 0 Å². The minimum atomic E-state index is -2.15. The summed E-state index contributed by atoms with van der Waals surface area (Å²) in [5.74, 6) is 3.43. The average molecular weight is 703 g/mol. The summed E-state index contributed by atoms with van der Waals surface area (Å²) in [7, 11) is 0. The van der Waals surface area contributed by atoms with Gasteiger partial charge in [0.1, 0.15) is 0 Å². The summed E-state index contributed by atoms with van der Waals surface area (Å²) in [4.78, 5) is 0. The normalized spacial score (nSPS) is 17.3. The Hall–Kier alpha value is -0.400. The van der Waals surface area contributed by atoms with Crippen molar-refractivity contribution in [1.82, 2.24) is 0 Å². The zero-order valence-electron chi connectivity index (χ0n) is 28.8. The molecule has 2 atom stereocenters. The molecule has 0 aliphatic heterocycles. The van der Waals surface area contributed by atoms with Crippen molar-refractivity contribution in [2.45, 2.75) is 127 Å². The predicted octanol–water partition coefficient (Wildman–Crippen LogP) is 5.95. The van der Waals surface area contributed by atoms with Crippen LogP contribution in [0.15, 0.2) is 35.4 Å². The van der Waals surface area contributed by atoms with Crippen LogP contribution in [0.1, 0.15) is 159 Å². The first-order chi connectivity index (χ1) is 18.7. The zero-order valence-corrected chi connectivity index (χ0v) is 33.8. The van der Waals surface area contributed by atoms with Gasteiger partial charge in [0.05, 0.1) is 0 Å². The molecule has 230 valence electrons. The molecule has 0 saturated carbocycles. The Balaban J connectivity index is 0.00000308. The molecule has 2 aromatic carbocycles. The van der Waals surface area contributed by atoms with Crippen LogP contribution in [-0.4, -0.2) is 5.43 Å². The Morgan fingerprint density at radius 2 is 0.833 bits per heavy atom. The number of allylic oxidation sites excluding steroid dienone is 2. The molecule has 4 rings (SSSR count). The number of hydrogen-bond donors (Lipinski definition) is 0. The second kappa shape index (κ2) is 14.8. The van der Waals surface area contributed by atoms with E-state index >= 15 is 0 Å². The van der Waals surface area contributed by atoms with E-state index < -0.39 is 25.8 Å². The van der Waals surface area contributed by atoms with Crippen LogP contribution < -0.4 is 24.8 Å². The van der Waals surface area contributed by atoms with Crippen molar-refractivity contribution >= 4 is 17.6 Å². The largest absolute Gasteiger partial charge is 1.00 e. The molecule has 0 heterocycles. The second-order valence-corrected chi connectivity index (χ2v) is 32.5. The van der Waals surface area contributed by atoms with Gasteiger partial charge in [0, 0.05) is 0 Å². The Bertz CT molecular complexity index is 1280. The summed E-state index contributed by atoms with van der Waals surface area (Å²) in [5.41, 5.74) is 16.1. The number of rotatable bonds is 8. The molecule has 42 heavy (non-hydrogen) atoms. The van der Waals surface area contributed by atoms with Gasteiger partial charge in [0.25, 0.3) is 0 Å². The van der Waals surface area contributed by atoms with E-state index in [9.17, 15) is 0 Å². The van der Waals surface area contributed by atoms with Crippen molar-refractivity contribution in [1.29, 1.82) is 0 Å². The van der Waals surface area contributed by atoms with Crippen LogP contribution in [-0.2, 0) is 20.4 Å². The molecule has 0 fully saturated rings. The minimum absolute atomic E-state index is 0. The molecule has 0 saturated heterocycles. The third kappa shape index (κ3) is 6.73. The third-order valence-electron chi connectivity index (χ3n) is 9.55. The molecule has 0 spiro atoms. The minimum Gasteiger partial charge on any atom is -1.00 e. The van der Waals surface area contributed by atoms with E-state index in [0.29, 0.717) is 42.8 Å². The standard InChI is InChI=1S/2C18H25.C2H6Si.2ClH.Zr/c2*1-11(2)15-9-14-7-8-16(12(3)4)18(13(5)6)17(14)10-15;1-3-2;;;/h2*7-13H,1-6H3;1-2H3;2*1H;/q;;;;;+2/p-2. The van der Waals surface area contributed by atoms with Crippen molar-refractivity contribution in [3.8, 4) is 0 Å². The number of fused-ring (bicyclic) bond motifs is 2. The van der Waals surface area contributed by atoms with Crippen LogP contribution in [0.2, 0.25) is 13.1 Å². The van der Waals surface area contributed by atoms with Crippen LogP contribution in [0, 0.1) is 11.8 Å². The van der Waals surface area contributed by atoms with Gasteiger partial charge in [-0.05, 0) is 0 Å². The van der Waals surface area contributed by atoms with Gasteiger partial charge in [-0.15, -0.1) is 0 Å². The van der Waals surface area contributed by atoms with Gasteiger partial charge >= 0.3 is 257 Å². The summed E-state index contributed by atoms with van der Waals surface area (Å²) in [5, 5.41) is 0. The Labute approximate surface area is 279 Å². The molecule has 0 aromatic heterocycles. The van der Waals surface area contributed by atoms with Crippen molar-refractivity contribution in [3.05, 3.63) is 79.9 Å². The van der Waals surface area contributed by atoms with E-state index in [1.54, 1.807) is 55.7 Å². The van der Waals surface area contributed by atoms with Crippen LogP contribution in [0.5, 0.6) is 0 Å². The van der Waals surface area contributed by atoms with Gasteiger partial charge in [0.2, 0.25) is 0 Å². The first-order valence-electron chi connectivity index (χ1n) is 16.1. The summed E-state index contributed by atoms with van der Waals surface area (Å²) in [6.07, 6.45) is 5.40. The van der Waals surface area contributed by atoms with Crippen LogP contribution >= 0.6 is 0 Å². The molecule has 2 aromatic rings. The molecule has 2 aliphatic carbocycles. The maximum atomic E-state index is 2.70. The summed E-state index contributed by atoms with van der Waals surface area (Å²) in [6, 6.07) is 10.2. The topological polar surface area (TPSA) is 0 Å². The van der Waals surface area contributed by atoms with E-state index in [1.165, 1.54) is 0 Å². The van der Waals surface area contributed by atoms with Crippen LogP contribution in [0.25, 0.3) is 12.2 Å². The SMILES string of the molecule is CC(C)C1=Cc2c(ccc(C(C)C)c2C(C)C)[CH]1[Zr+2]([CH]1C(C(C)C)=Cc2c1ccc(C(C)C)c2C(C)C)=[Si](C)C.[Cl-].[Cl-]. The fourth-order valence-corrected chi connectivity index (χ4v) is 28.8. The van der Waals surface area contributed by atoms with Crippen molar-refractivity contribution < 1.29 is 45.2 Å². The molecule has 2 unspecified atom stereocenters. The van der Waals surface area contributed by atoms with E-state index in [2.05, 4.69) is 133 Å². The summed E-state index contributed by atoms with van der Waals surface area (Å²) < 4.78 is 1.40. The second-order valence-electron chi connectivity index (χ2n) is 14.7. The Morgan fingerprint density at radius 1 is 0.500 bits per heavy atom. The fraction of sp³-hybridized carbons (Fsp3) is 0.579. The molecule has 2 aliphatic rings. The van der Waals surface area contributed by atoms with E-state index in [0.717, 1.165) is 0 Å². The summed E-state index contributed by atoms with van der Waals surface area (Å²) >= 11 is -2.15. The molecule has 4 heteroatoms. The zero-order chi connectivity index (χ0) is 29.8.